The van der Waals surface area contributed by atoms with E-state index in [2.05, 4.69) is 20.9 Å². The molecule has 0 N–H and O–H groups in total. The highest BCUT2D eigenvalue weighted by Gasteiger charge is 2.16. The first kappa shape index (κ1) is 10.9. The van der Waals surface area contributed by atoms with Crippen LogP contribution in [0.15, 0.2) is 0 Å². The number of hydrogen-bond acceptors (Lipinski definition) is 1. The Bertz CT molecular complexity index is 95.6. The van der Waals surface area contributed by atoms with Crippen LogP contribution in [0.2, 0.25) is 0 Å². The van der Waals surface area contributed by atoms with E-state index in [9.17, 15) is 0 Å². The van der Waals surface area contributed by atoms with Crippen LogP contribution in [-0.2, 0) is 4.74 Å². The Balaban J connectivity index is 3.68. The predicted octanol–water partition coefficient (Wildman–Crippen LogP) is 1.51. The Morgan fingerprint density at radius 1 is 1.18 bits per heavy atom. The molecule has 2 heteroatoms. The third-order valence-corrected chi connectivity index (χ3v) is 2.36. The van der Waals surface area contributed by atoms with Crippen molar-refractivity contribution >= 4 is 0 Å². The zero-order valence-electron chi connectivity index (χ0n) is 8.39. The van der Waals surface area contributed by atoms with Gasteiger partial charge in [-0.2, -0.15) is 0 Å². The summed E-state index contributed by atoms with van der Waals surface area (Å²) in [6.07, 6.45) is 1.26. The second-order valence-corrected chi connectivity index (χ2v) is 3.38. The van der Waals surface area contributed by atoms with Gasteiger partial charge in [-0.05, 0) is 13.3 Å². The fourth-order valence-electron chi connectivity index (χ4n) is 1.28. The van der Waals surface area contributed by atoms with Crippen LogP contribution in [0.4, 0.5) is 0 Å². The topological polar surface area (TPSA) is 9.23 Å². The summed E-state index contributed by atoms with van der Waals surface area (Å²) in [5.74, 6) is 0. The molecule has 1 atom stereocenters. The van der Waals surface area contributed by atoms with E-state index in [-0.39, 0.29) is 0 Å². The average molecular weight is 160 g/mol. The number of ether oxygens (including phenoxy) is 1. The number of hydrogen-bond donors (Lipinski definition) is 0. The monoisotopic (exact) mass is 160 g/mol. The van der Waals surface area contributed by atoms with E-state index in [1.54, 1.807) is 7.11 Å². The van der Waals surface area contributed by atoms with Gasteiger partial charge in [-0.25, -0.2) is 0 Å². The SMILES string of the molecule is CCC[N+](C)(CC)CCOC. The summed E-state index contributed by atoms with van der Waals surface area (Å²) in [4.78, 5) is 0. The lowest BCUT2D eigenvalue weighted by atomic mass is 10.3. The molecular formula is C9H22NO+. The molecule has 0 spiro atoms. The largest absolute Gasteiger partial charge is 0.379 e. The van der Waals surface area contributed by atoms with Gasteiger partial charge in [0.2, 0.25) is 0 Å². The molecule has 1 unspecified atom stereocenters. The molecule has 0 bridgehead atoms. The average Bonchev–Trinajstić information content (AvgIpc) is 2.02. The molecule has 11 heavy (non-hydrogen) atoms. The van der Waals surface area contributed by atoms with Crippen molar-refractivity contribution in [3.8, 4) is 0 Å². The molecule has 0 radical (unpaired) electrons. The Labute approximate surface area is 70.7 Å². The van der Waals surface area contributed by atoms with Gasteiger partial charge in [0, 0.05) is 7.11 Å². The summed E-state index contributed by atoms with van der Waals surface area (Å²) in [6.45, 7) is 8.96. The van der Waals surface area contributed by atoms with Crippen LogP contribution >= 0.6 is 0 Å². The summed E-state index contributed by atoms with van der Waals surface area (Å²) in [7, 11) is 4.06. The van der Waals surface area contributed by atoms with Gasteiger partial charge in [0.05, 0.1) is 26.7 Å². The quantitative estimate of drug-likeness (QED) is 0.535. The smallest absolute Gasteiger partial charge is 0.102 e. The van der Waals surface area contributed by atoms with E-state index in [4.69, 9.17) is 4.74 Å². The second kappa shape index (κ2) is 5.56. The molecule has 0 aromatic heterocycles. The lowest BCUT2D eigenvalue weighted by molar-refractivity contribution is -0.908. The fourth-order valence-corrected chi connectivity index (χ4v) is 1.28. The van der Waals surface area contributed by atoms with E-state index in [1.165, 1.54) is 19.5 Å². The number of methoxy groups -OCH3 is 1. The molecule has 0 aliphatic rings. The zero-order valence-corrected chi connectivity index (χ0v) is 8.39. The van der Waals surface area contributed by atoms with Crippen molar-refractivity contribution in [2.45, 2.75) is 20.3 Å². The van der Waals surface area contributed by atoms with Crippen molar-refractivity contribution in [3.63, 3.8) is 0 Å². The summed E-state index contributed by atoms with van der Waals surface area (Å²) >= 11 is 0. The molecule has 0 aromatic rings. The molecule has 0 saturated heterocycles. The Hall–Kier alpha value is -0.0800. The van der Waals surface area contributed by atoms with Crippen molar-refractivity contribution in [2.24, 2.45) is 0 Å². The highest BCUT2D eigenvalue weighted by molar-refractivity contribution is 4.35. The predicted molar refractivity (Wildman–Crippen MR) is 48.6 cm³/mol. The Morgan fingerprint density at radius 2 is 1.82 bits per heavy atom. The van der Waals surface area contributed by atoms with Gasteiger partial charge in [0.1, 0.15) is 6.54 Å². The molecular weight excluding hydrogens is 138 g/mol. The minimum atomic E-state index is 0.879. The normalized spacial score (nSPS) is 16.4. The minimum absolute atomic E-state index is 0.879. The summed E-state index contributed by atoms with van der Waals surface area (Å²) < 4.78 is 6.21. The molecule has 0 rings (SSSR count). The molecule has 0 saturated carbocycles. The van der Waals surface area contributed by atoms with Gasteiger partial charge < -0.3 is 9.22 Å². The van der Waals surface area contributed by atoms with Crippen molar-refractivity contribution < 1.29 is 9.22 Å². The van der Waals surface area contributed by atoms with Crippen molar-refractivity contribution in [1.82, 2.24) is 0 Å². The van der Waals surface area contributed by atoms with Crippen LogP contribution in [0.3, 0.4) is 0 Å². The van der Waals surface area contributed by atoms with Crippen LogP contribution in [0.25, 0.3) is 0 Å². The van der Waals surface area contributed by atoms with Gasteiger partial charge in [-0.15, -0.1) is 0 Å². The zero-order chi connectivity index (χ0) is 8.74. The van der Waals surface area contributed by atoms with Gasteiger partial charge in [-0.3, -0.25) is 0 Å². The van der Waals surface area contributed by atoms with Gasteiger partial charge >= 0.3 is 0 Å². The number of rotatable bonds is 6. The number of likely N-dealkylation sites (N-methyl/N-ethyl adjacent to an activating group) is 1. The lowest BCUT2D eigenvalue weighted by Crippen LogP contribution is -2.46. The highest BCUT2D eigenvalue weighted by Crippen LogP contribution is 2.02. The fraction of sp³-hybridized carbons (Fsp3) is 1.00. The first-order chi connectivity index (χ1) is 5.18. The van der Waals surface area contributed by atoms with Gasteiger partial charge in [0.15, 0.2) is 0 Å². The van der Waals surface area contributed by atoms with E-state index in [0.29, 0.717) is 0 Å². The highest BCUT2D eigenvalue weighted by atomic mass is 16.5. The third-order valence-electron chi connectivity index (χ3n) is 2.36. The maximum Gasteiger partial charge on any atom is 0.102 e. The van der Waals surface area contributed by atoms with Crippen LogP contribution in [0.1, 0.15) is 20.3 Å². The standard InChI is InChI=1S/C9H22NO/c1-5-7-10(3,6-2)8-9-11-4/h5-9H2,1-4H3/q+1. The van der Waals surface area contributed by atoms with Crippen LogP contribution < -0.4 is 0 Å². The summed E-state index contributed by atoms with van der Waals surface area (Å²) in [6, 6.07) is 0. The molecule has 68 valence electrons. The maximum absolute atomic E-state index is 5.07. The van der Waals surface area contributed by atoms with Crippen LogP contribution in [0, 0.1) is 0 Å². The first-order valence-corrected chi connectivity index (χ1v) is 4.51. The molecule has 0 aliphatic heterocycles. The van der Waals surface area contributed by atoms with Crippen LogP contribution in [-0.4, -0.2) is 44.9 Å². The Morgan fingerprint density at radius 3 is 2.18 bits per heavy atom. The Kier molecular flexibility index (Phi) is 5.51. The molecule has 2 nitrogen and oxygen atoms in total. The molecule has 0 amide bonds. The first-order valence-electron chi connectivity index (χ1n) is 4.51. The van der Waals surface area contributed by atoms with Crippen LogP contribution in [0.5, 0.6) is 0 Å². The van der Waals surface area contributed by atoms with E-state index in [1.807, 2.05) is 0 Å². The molecule has 0 heterocycles. The lowest BCUT2D eigenvalue weighted by Gasteiger charge is -2.32. The maximum atomic E-state index is 5.07. The van der Waals surface area contributed by atoms with Crippen molar-refractivity contribution in [2.75, 3.05) is 40.4 Å². The summed E-state index contributed by atoms with van der Waals surface area (Å²) in [5.41, 5.74) is 0. The van der Waals surface area contributed by atoms with Gasteiger partial charge in [0.25, 0.3) is 0 Å². The number of nitrogens with zero attached hydrogens (tertiary/aromatic N) is 1. The van der Waals surface area contributed by atoms with E-state index >= 15 is 0 Å². The molecule has 0 aliphatic carbocycles. The van der Waals surface area contributed by atoms with E-state index < -0.39 is 0 Å². The molecule has 0 fully saturated rings. The molecule has 0 aromatic carbocycles. The van der Waals surface area contributed by atoms with Crippen molar-refractivity contribution in [1.29, 1.82) is 0 Å². The van der Waals surface area contributed by atoms with Gasteiger partial charge in [-0.1, -0.05) is 6.92 Å². The third kappa shape index (κ3) is 4.38. The number of quaternary nitrogens is 1. The van der Waals surface area contributed by atoms with E-state index in [0.717, 1.165) is 17.6 Å². The second-order valence-electron chi connectivity index (χ2n) is 3.38. The van der Waals surface area contributed by atoms with Crippen molar-refractivity contribution in [3.05, 3.63) is 0 Å². The summed E-state index contributed by atoms with van der Waals surface area (Å²) in [5, 5.41) is 0. The minimum Gasteiger partial charge on any atom is -0.379 e.